The van der Waals surface area contributed by atoms with Gasteiger partial charge >= 0.3 is 5.97 Å². The maximum absolute atomic E-state index is 11.4. The number of hydrogen-bond acceptors (Lipinski definition) is 3. The van der Waals surface area contributed by atoms with Crippen LogP contribution in [0.15, 0.2) is 48.5 Å². The molecule has 98 valence electrons. The van der Waals surface area contributed by atoms with E-state index in [1.807, 2.05) is 36.4 Å². The molecular formula is C16H16O3. The molecule has 0 fully saturated rings. The standard InChI is InChI=1S/C16H16O3/c1-11(17)14-5-3-4-6-15(14)12-7-9-13(10-8-12)16(18)19-2/h3-11,17H,1-2H3. The maximum Gasteiger partial charge on any atom is 0.337 e. The van der Waals surface area contributed by atoms with Gasteiger partial charge in [0.1, 0.15) is 0 Å². The fourth-order valence-corrected chi connectivity index (χ4v) is 2.03. The summed E-state index contributed by atoms with van der Waals surface area (Å²) in [5.74, 6) is -0.352. The van der Waals surface area contributed by atoms with Crippen molar-refractivity contribution in [3.8, 4) is 11.1 Å². The number of aliphatic hydroxyl groups excluding tert-OH is 1. The van der Waals surface area contributed by atoms with Gasteiger partial charge in [0, 0.05) is 0 Å². The van der Waals surface area contributed by atoms with Crippen LogP contribution in [0.5, 0.6) is 0 Å². The molecule has 2 aromatic rings. The molecule has 2 aromatic carbocycles. The number of hydrogen-bond donors (Lipinski definition) is 1. The molecule has 0 aromatic heterocycles. The molecule has 3 heteroatoms. The van der Waals surface area contributed by atoms with Crippen molar-refractivity contribution in [2.75, 3.05) is 7.11 Å². The molecule has 2 rings (SSSR count). The lowest BCUT2D eigenvalue weighted by Gasteiger charge is -2.12. The molecule has 0 radical (unpaired) electrons. The van der Waals surface area contributed by atoms with E-state index in [4.69, 9.17) is 0 Å². The van der Waals surface area contributed by atoms with Crippen LogP contribution in [-0.2, 0) is 4.74 Å². The van der Waals surface area contributed by atoms with Crippen LogP contribution in [0.4, 0.5) is 0 Å². The van der Waals surface area contributed by atoms with E-state index >= 15 is 0 Å². The van der Waals surface area contributed by atoms with Gasteiger partial charge in [-0.15, -0.1) is 0 Å². The number of aliphatic hydroxyl groups is 1. The van der Waals surface area contributed by atoms with E-state index < -0.39 is 6.10 Å². The topological polar surface area (TPSA) is 46.5 Å². The molecule has 0 aliphatic heterocycles. The number of carbonyl (C=O) groups is 1. The lowest BCUT2D eigenvalue weighted by Crippen LogP contribution is -2.00. The first-order valence-corrected chi connectivity index (χ1v) is 6.09. The monoisotopic (exact) mass is 256 g/mol. The van der Waals surface area contributed by atoms with Gasteiger partial charge in [-0.1, -0.05) is 36.4 Å². The summed E-state index contributed by atoms with van der Waals surface area (Å²) in [6.45, 7) is 1.74. The van der Waals surface area contributed by atoms with Gasteiger partial charge in [-0.2, -0.15) is 0 Å². The van der Waals surface area contributed by atoms with Crippen LogP contribution in [-0.4, -0.2) is 18.2 Å². The second-order valence-electron chi connectivity index (χ2n) is 4.33. The number of benzene rings is 2. The van der Waals surface area contributed by atoms with Crippen molar-refractivity contribution < 1.29 is 14.6 Å². The average Bonchev–Trinajstić information content (AvgIpc) is 2.46. The van der Waals surface area contributed by atoms with Gasteiger partial charge < -0.3 is 9.84 Å². The van der Waals surface area contributed by atoms with Crippen LogP contribution in [0, 0.1) is 0 Å². The summed E-state index contributed by atoms with van der Waals surface area (Å²) in [4.78, 5) is 11.4. The van der Waals surface area contributed by atoms with E-state index in [0.717, 1.165) is 16.7 Å². The Kier molecular flexibility index (Phi) is 3.97. The molecule has 3 nitrogen and oxygen atoms in total. The third kappa shape index (κ3) is 2.83. The van der Waals surface area contributed by atoms with Crippen LogP contribution in [0.25, 0.3) is 11.1 Å². The second kappa shape index (κ2) is 5.67. The Morgan fingerprint density at radius 1 is 1.11 bits per heavy atom. The van der Waals surface area contributed by atoms with Crippen LogP contribution in [0.3, 0.4) is 0 Å². The van der Waals surface area contributed by atoms with E-state index in [1.165, 1.54) is 7.11 Å². The van der Waals surface area contributed by atoms with Crippen molar-refractivity contribution in [1.29, 1.82) is 0 Å². The van der Waals surface area contributed by atoms with Gasteiger partial charge in [0.25, 0.3) is 0 Å². The van der Waals surface area contributed by atoms with Crippen LogP contribution in [0.2, 0.25) is 0 Å². The van der Waals surface area contributed by atoms with Crippen molar-refractivity contribution >= 4 is 5.97 Å². The summed E-state index contributed by atoms with van der Waals surface area (Å²) in [6.07, 6.45) is -0.531. The van der Waals surface area contributed by atoms with Crippen LogP contribution < -0.4 is 0 Å². The van der Waals surface area contributed by atoms with E-state index in [9.17, 15) is 9.90 Å². The fourth-order valence-electron chi connectivity index (χ4n) is 2.03. The lowest BCUT2D eigenvalue weighted by molar-refractivity contribution is 0.0600. The number of carbonyl (C=O) groups excluding carboxylic acids is 1. The molecule has 0 aliphatic carbocycles. The number of rotatable bonds is 3. The molecule has 0 heterocycles. The van der Waals surface area contributed by atoms with Crippen molar-refractivity contribution in [1.82, 2.24) is 0 Å². The molecule has 0 amide bonds. The smallest absolute Gasteiger partial charge is 0.337 e. The minimum Gasteiger partial charge on any atom is -0.465 e. The Labute approximate surface area is 112 Å². The summed E-state index contributed by atoms with van der Waals surface area (Å²) in [6, 6.07) is 14.8. The third-order valence-corrected chi connectivity index (χ3v) is 3.03. The minimum absolute atomic E-state index is 0.352. The molecule has 1 unspecified atom stereocenters. The molecule has 19 heavy (non-hydrogen) atoms. The molecule has 0 saturated heterocycles. The number of esters is 1. The highest BCUT2D eigenvalue weighted by Gasteiger charge is 2.10. The van der Waals surface area contributed by atoms with Crippen LogP contribution in [0.1, 0.15) is 28.9 Å². The van der Waals surface area contributed by atoms with Gasteiger partial charge in [-0.05, 0) is 35.7 Å². The quantitative estimate of drug-likeness (QED) is 0.858. The number of methoxy groups -OCH3 is 1. The van der Waals surface area contributed by atoms with E-state index in [0.29, 0.717) is 5.56 Å². The van der Waals surface area contributed by atoms with Gasteiger partial charge in [0.05, 0.1) is 18.8 Å². The number of ether oxygens (including phenoxy) is 1. The SMILES string of the molecule is COC(=O)c1ccc(-c2ccccc2C(C)O)cc1. The summed E-state index contributed by atoms with van der Waals surface area (Å²) in [5, 5.41) is 9.77. The molecule has 0 bridgehead atoms. The summed E-state index contributed by atoms with van der Waals surface area (Å²) in [7, 11) is 1.36. The highest BCUT2D eigenvalue weighted by Crippen LogP contribution is 2.28. The van der Waals surface area contributed by atoms with Crippen molar-refractivity contribution in [3.05, 3.63) is 59.7 Å². The van der Waals surface area contributed by atoms with Crippen molar-refractivity contribution in [2.24, 2.45) is 0 Å². The van der Waals surface area contributed by atoms with Gasteiger partial charge in [0.15, 0.2) is 0 Å². The largest absolute Gasteiger partial charge is 0.465 e. The Morgan fingerprint density at radius 3 is 2.32 bits per heavy atom. The van der Waals surface area contributed by atoms with E-state index in [1.54, 1.807) is 19.1 Å². The first-order chi connectivity index (χ1) is 9.13. The average molecular weight is 256 g/mol. The van der Waals surface area contributed by atoms with Gasteiger partial charge in [-0.3, -0.25) is 0 Å². The predicted octanol–water partition coefficient (Wildman–Crippen LogP) is 3.19. The second-order valence-corrected chi connectivity index (χ2v) is 4.33. The first kappa shape index (κ1) is 13.3. The Balaban J connectivity index is 2.40. The Bertz CT molecular complexity index is 571. The maximum atomic E-state index is 11.4. The molecule has 0 spiro atoms. The van der Waals surface area contributed by atoms with Gasteiger partial charge in [-0.25, -0.2) is 4.79 Å². The zero-order valence-corrected chi connectivity index (χ0v) is 11.0. The minimum atomic E-state index is -0.531. The zero-order valence-electron chi connectivity index (χ0n) is 11.0. The molecular weight excluding hydrogens is 240 g/mol. The fraction of sp³-hybridized carbons (Fsp3) is 0.188. The summed E-state index contributed by atoms with van der Waals surface area (Å²) < 4.78 is 4.66. The molecule has 0 aliphatic rings. The first-order valence-electron chi connectivity index (χ1n) is 6.09. The van der Waals surface area contributed by atoms with E-state index in [-0.39, 0.29) is 5.97 Å². The Morgan fingerprint density at radius 2 is 1.74 bits per heavy atom. The zero-order chi connectivity index (χ0) is 13.8. The third-order valence-electron chi connectivity index (χ3n) is 3.03. The van der Waals surface area contributed by atoms with Gasteiger partial charge in [0.2, 0.25) is 0 Å². The lowest BCUT2D eigenvalue weighted by atomic mass is 9.96. The molecule has 1 atom stereocenters. The molecule has 1 N–H and O–H groups in total. The van der Waals surface area contributed by atoms with Crippen molar-refractivity contribution in [3.63, 3.8) is 0 Å². The highest BCUT2D eigenvalue weighted by atomic mass is 16.5. The molecule has 0 saturated carbocycles. The predicted molar refractivity (Wildman–Crippen MR) is 73.9 cm³/mol. The van der Waals surface area contributed by atoms with Crippen LogP contribution >= 0.6 is 0 Å². The van der Waals surface area contributed by atoms with E-state index in [2.05, 4.69) is 4.74 Å². The summed E-state index contributed by atoms with van der Waals surface area (Å²) in [5.41, 5.74) is 3.31. The highest BCUT2D eigenvalue weighted by molar-refractivity contribution is 5.90. The normalized spacial score (nSPS) is 11.9. The summed E-state index contributed by atoms with van der Waals surface area (Å²) >= 11 is 0. The van der Waals surface area contributed by atoms with Crippen molar-refractivity contribution in [2.45, 2.75) is 13.0 Å². The Hall–Kier alpha value is -2.13.